The molecule has 1 aliphatic rings. The molecular formula is C26H26F3N3O3. The maximum absolute atomic E-state index is 13.2. The lowest BCUT2D eigenvalue weighted by Crippen LogP contribution is -2.45. The van der Waals surface area contributed by atoms with Gasteiger partial charge in [0.1, 0.15) is 11.6 Å². The molecule has 1 fully saturated rings. The molecular weight excluding hydrogens is 459 g/mol. The van der Waals surface area contributed by atoms with E-state index in [1.807, 2.05) is 44.2 Å². The van der Waals surface area contributed by atoms with Crippen LogP contribution in [0.3, 0.4) is 0 Å². The Labute approximate surface area is 201 Å². The molecule has 0 spiro atoms. The standard InChI is InChI=1S/C26H26F3N3O3/c1-16-14-32(15-17(2)34-16)23-12-9-20(13-30-23)31-25(33)24-18(3)21(19-7-5-4-6-8-19)10-11-22(24)35-26(27,28)29/h4-13,16-17H,14-15H2,1-3H3,(H,31,33)/t16-,17+. The smallest absolute Gasteiger partial charge is 0.405 e. The van der Waals surface area contributed by atoms with E-state index in [0.29, 0.717) is 29.9 Å². The van der Waals surface area contributed by atoms with Crippen molar-refractivity contribution in [3.05, 3.63) is 71.9 Å². The van der Waals surface area contributed by atoms with Gasteiger partial charge >= 0.3 is 6.36 Å². The molecule has 0 aliphatic carbocycles. The number of hydrogen-bond donors (Lipinski definition) is 1. The number of aromatic nitrogens is 1. The summed E-state index contributed by atoms with van der Waals surface area (Å²) in [6, 6.07) is 15.2. The first-order chi connectivity index (χ1) is 16.6. The van der Waals surface area contributed by atoms with E-state index >= 15 is 0 Å². The summed E-state index contributed by atoms with van der Waals surface area (Å²) in [7, 11) is 0. The van der Waals surface area contributed by atoms with Crippen LogP contribution in [-0.2, 0) is 4.74 Å². The topological polar surface area (TPSA) is 63.7 Å². The van der Waals surface area contributed by atoms with Gasteiger partial charge in [-0.25, -0.2) is 4.98 Å². The minimum Gasteiger partial charge on any atom is -0.405 e. The van der Waals surface area contributed by atoms with Crippen molar-refractivity contribution in [2.45, 2.75) is 39.3 Å². The second-order valence-corrected chi connectivity index (χ2v) is 8.55. The molecule has 0 radical (unpaired) electrons. The van der Waals surface area contributed by atoms with Crippen molar-refractivity contribution in [2.75, 3.05) is 23.3 Å². The van der Waals surface area contributed by atoms with E-state index in [-0.39, 0.29) is 17.8 Å². The minimum atomic E-state index is -4.94. The third-order valence-electron chi connectivity index (χ3n) is 5.71. The highest BCUT2D eigenvalue weighted by Gasteiger charge is 2.34. The monoisotopic (exact) mass is 485 g/mol. The van der Waals surface area contributed by atoms with Crippen molar-refractivity contribution in [1.29, 1.82) is 0 Å². The number of ether oxygens (including phenoxy) is 2. The minimum absolute atomic E-state index is 0.0619. The molecule has 6 nitrogen and oxygen atoms in total. The van der Waals surface area contributed by atoms with Gasteiger partial charge in [-0.15, -0.1) is 13.2 Å². The van der Waals surface area contributed by atoms with Gasteiger partial charge in [0.2, 0.25) is 0 Å². The zero-order valence-electron chi connectivity index (χ0n) is 19.6. The summed E-state index contributed by atoms with van der Waals surface area (Å²) in [5.41, 5.74) is 1.95. The summed E-state index contributed by atoms with van der Waals surface area (Å²) >= 11 is 0. The number of amides is 1. The van der Waals surface area contributed by atoms with Crippen LogP contribution >= 0.6 is 0 Å². The molecule has 2 aromatic carbocycles. The maximum atomic E-state index is 13.2. The first kappa shape index (κ1) is 24.5. The SMILES string of the molecule is Cc1c(-c2ccccc2)ccc(OC(F)(F)F)c1C(=O)Nc1ccc(N2C[C@@H](C)O[C@@H](C)C2)nc1. The largest absolute Gasteiger partial charge is 0.573 e. The number of nitrogens with one attached hydrogen (secondary N) is 1. The molecule has 1 saturated heterocycles. The molecule has 0 bridgehead atoms. The molecule has 2 atom stereocenters. The lowest BCUT2D eigenvalue weighted by molar-refractivity contribution is -0.274. The second-order valence-electron chi connectivity index (χ2n) is 8.55. The Hall–Kier alpha value is -3.59. The average Bonchev–Trinajstić information content (AvgIpc) is 2.78. The fourth-order valence-electron chi connectivity index (χ4n) is 4.31. The van der Waals surface area contributed by atoms with Crippen LogP contribution in [0.2, 0.25) is 0 Å². The molecule has 1 N–H and O–H groups in total. The molecule has 35 heavy (non-hydrogen) atoms. The highest BCUT2D eigenvalue weighted by atomic mass is 19.4. The van der Waals surface area contributed by atoms with E-state index in [1.54, 1.807) is 19.1 Å². The zero-order valence-corrected chi connectivity index (χ0v) is 19.6. The van der Waals surface area contributed by atoms with Crippen molar-refractivity contribution in [3.63, 3.8) is 0 Å². The van der Waals surface area contributed by atoms with Gasteiger partial charge in [0.25, 0.3) is 5.91 Å². The van der Waals surface area contributed by atoms with Crippen molar-refractivity contribution >= 4 is 17.4 Å². The Morgan fingerprint density at radius 1 is 1.06 bits per heavy atom. The Morgan fingerprint density at radius 3 is 2.34 bits per heavy atom. The fraction of sp³-hybridized carbons (Fsp3) is 0.308. The molecule has 1 amide bonds. The first-order valence-corrected chi connectivity index (χ1v) is 11.2. The summed E-state index contributed by atoms with van der Waals surface area (Å²) in [5, 5.41) is 2.66. The van der Waals surface area contributed by atoms with Gasteiger partial charge in [-0.3, -0.25) is 4.79 Å². The van der Waals surface area contributed by atoms with Crippen molar-refractivity contribution in [3.8, 4) is 16.9 Å². The van der Waals surface area contributed by atoms with E-state index in [4.69, 9.17) is 4.74 Å². The Balaban J connectivity index is 1.61. The highest BCUT2D eigenvalue weighted by Crippen LogP contribution is 2.35. The quantitative estimate of drug-likeness (QED) is 0.493. The summed E-state index contributed by atoms with van der Waals surface area (Å²) in [6.07, 6.45) is -3.33. The van der Waals surface area contributed by atoms with E-state index in [1.165, 1.54) is 18.3 Å². The molecule has 1 aromatic heterocycles. The molecule has 1 aliphatic heterocycles. The predicted molar refractivity (Wildman–Crippen MR) is 128 cm³/mol. The molecule has 0 saturated carbocycles. The lowest BCUT2D eigenvalue weighted by Gasteiger charge is -2.36. The van der Waals surface area contributed by atoms with Crippen LogP contribution in [0.4, 0.5) is 24.7 Å². The van der Waals surface area contributed by atoms with E-state index in [2.05, 4.69) is 19.9 Å². The second kappa shape index (κ2) is 9.95. The molecule has 0 unspecified atom stereocenters. The normalized spacial score (nSPS) is 18.3. The number of rotatable bonds is 5. The van der Waals surface area contributed by atoms with Gasteiger partial charge in [0.05, 0.1) is 29.7 Å². The number of hydrogen-bond acceptors (Lipinski definition) is 5. The summed E-state index contributed by atoms with van der Waals surface area (Å²) < 4.78 is 49.1. The number of benzene rings is 2. The number of carbonyl (C=O) groups excluding carboxylic acids is 1. The summed E-state index contributed by atoms with van der Waals surface area (Å²) in [4.78, 5) is 19.7. The molecule has 2 heterocycles. The van der Waals surface area contributed by atoms with E-state index < -0.39 is 18.0 Å². The number of pyridine rings is 1. The van der Waals surface area contributed by atoms with E-state index in [0.717, 1.165) is 11.4 Å². The van der Waals surface area contributed by atoms with Crippen molar-refractivity contribution < 1.29 is 27.4 Å². The van der Waals surface area contributed by atoms with Crippen LogP contribution in [0.5, 0.6) is 5.75 Å². The molecule has 3 aromatic rings. The average molecular weight is 486 g/mol. The number of anilines is 2. The number of morpholine rings is 1. The Kier molecular flexibility index (Phi) is 6.98. The highest BCUT2D eigenvalue weighted by molar-refractivity contribution is 6.08. The van der Waals surface area contributed by atoms with Gasteiger partial charge in [-0.2, -0.15) is 0 Å². The number of alkyl halides is 3. The van der Waals surface area contributed by atoms with Crippen LogP contribution < -0.4 is 15.0 Å². The lowest BCUT2D eigenvalue weighted by atomic mass is 9.95. The fourth-order valence-corrected chi connectivity index (χ4v) is 4.31. The number of nitrogens with zero attached hydrogens (tertiary/aromatic N) is 2. The Morgan fingerprint density at radius 2 is 1.74 bits per heavy atom. The zero-order chi connectivity index (χ0) is 25.2. The summed E-state index contributed by atoms with van der Waals surface area (Å²) in [6.45, 7) is 6.95. The van der Waals surface area contributed by atoms with Crippen LogP contribution in [0.1, 0.15) is 29.8 Å². The third kappa shape index (κ3) is 5.92. The van der Waals surface area contributed by atoms with Crippen molar-refractivity contribution in [1.82, 2.24) is 4.98 Å². The van der Waals surface area contributed by atoms with Gasteiger partial charge < -0.3 is 19.7 Å². The number of carbonyl (C=O) groups is 1. The van der Waals surface area contributed by atoms with Crippen LogP contribution in [0.15, 0.2) is 60.8 Å². The third-order valence-corrected chi connectivity index (χ3v) is 5.71. The van der Waals surface area contributed by atoms with Gasteiger partial charge in [0, 0.05) is 13.1 Å². The van der Waals surface area contributed by atoms with Gasteiger partial charge in [-0.05, 0) is 55.7 Å². The Bertz CT molecular complexity index is 1170. The van der Waals surface area contributed by atoms with Crippen LogP contribution in [0.25, 0.3) is 11.1 Å². The first-order valence-electron chi connectivity index (χ1n) is 11.2. The molecule has 9 heteroatoms. The van der Waals surface area contributed by atoms with Crippen LogP contribution in [-0.4, -0.2) is 42.6 Å². The maximum Gasteiger partial charge on any atom is 0.573 e. The van der Waals surface area contributed by atoms with Crippen molar-refractivity contribution in [2.24, 2.45) is 0 Å². The van der Waals surface area contributed by atoms with E-state index in [9.17, 15) is 18.0 Å². The molecule has 184 valence electrons. The summed E-state index contributed by atoms with van der Waals surface area (Å²) in [5.74, 6) is -0.552. The van der Waals surface area contributed by atoms with Crippen LogP contribution in [0, 0.1) is 6.92 Å². The van der Waals surface area contributed by atoms with Gasteiger partial charge in [0.15, 0.2) is 0 Å². The number of halogens is 3. The molecule has 4 rings (SSSR count). The van der Waals surface area contributed by atoms with Gasteiger partial charge in [-0.1, -0.05) is 36.4 Å². The predicted octanol–water partition coefficient (Wildman–Crippen LogP) is 5.82.